The van der Waals surface area contributed by atoms with Crippen molar-refractivity contribution in [2.45, 2.75) is 71.1 Å². The second kappa shape index (κ2) is 11.1. The molecule has 0 spiro atoms. The number of amides is 3. The SMILES string of the molecule is CC(C)CC(NC(=O)C(N)C(C)C)C(=O)N1CCCC1C(=O)NC(CO)C(=O)O. The quantitative estimate of drug-likeness (QED) is 0.308. The normalized spacial score (nSPS) is 19.7. The first-order chi connectivity index (χ1) is 13.5. The molecule has 0 aromatic carbocycles. The number of carbonyl (C=O) groups excluding carboxylic acids is 3. The van der Waals surface area contributed by atoms with Gasteiger partial charge >= 0.3 is 5.97 Å². The minimum absolute atomic E-state index is 0.0958. The van der Waals surface area contributed by atoms with E-state index in [2.05, 4.69) is 10.6 Å². The molecule has 3 amide bonds. The molecule has 1 fully saturated rings. The van der Waals surface area contributed by atoms with E-state index in [0.717, 1.165) is 0 Å². The van der Waals surface area contributed by atoms with Crippen LogP contribution in [0.2, 0.25) is 0 Å². The van der Waals surface area contributed by atoms with Gasteiger partial charge in [-0.25, -0.2) is 4.79 Å². The number of nitrogens with two attached hydrogens (primary N) is 1. The molecular weight excluding hydrogens is 380 g/mol. The number of carboxylic acids is 1. The molecule has 1 heterocycles. The van der Waals surface area contributed by atoms with Crippen molar-refractivity contribution in [2.75, 3.05) is 13.2 Å². The Balaban J connectivity index is 2.94. The average molecular weight is 415 g/mol. The maximum atomic E-state index is 13.1. The summed E-state index contributed by atoms with van der Waals surface area (Å²) >= 11 is 0. The van der Waals surface area contributed by atoms with Crippen LogP contribution in [0.3, 0.4) is 0 Å². The van der Waals surface area contributed by atoms with Crippen LogP contribution in [0, 0.1) is 11.8 Å². The molecule has 166 valence electrons. The molecule has 0 radical (unpaired) electrons. The van der Waals surface area contributed by atoms with Crippen molar-refractivity contribution in [2.24, 2.45) is 17.6 Å². The Bertz CT molecular complexity index is 610. The number of nitrogens with one attached hydrogen (secondary N) is 2. The van der Waals surface area contributed by atoms with Gasteiger partial charge in [0, 0.05) is 6.54 Å². The number of likely N-dealkylation sites (tertiary alicyclic amines) is 1. The van der Waals surface area contributed by atoms with Crippen molar-refractivity contribution < 1.29 is 29.4 Å². The maximum absolute atomic E-state index is 13.1. The van der Waals surface area contributed by atoms with Crippen molar-refractivity contribution in [3.05, 3.63) is 0 Å². The first-order valence-electron chi connectivity index (χ1n) is 10.00. The number of hydrogen-bond donors (Lipinski definition) is 5. The molecule has 0 aromatic heterocycles. The first kappa shape index (κ1) is 24.8. The van der Waals surface area contributed by atoms with Crippen molar-refractivity contribution in [1.29, 1.82) is 0 Å². The summed E-state index contributed by atoms with van der Waals surface area (Å²) in [5.74, 6) is -2.79. The molecule has 10 nitrogen and oxygen atoms in total. The summed E-state index contributed by atoms with van der Waals surface area (Å²) in [5.41, 5.74) is 5.89. The number of hydrogen-bond acceptors (Lipinski definition) is 6. The Kier molecular flexibility index (Phi) is 9.51. The predicted octanol–water partition coefficient (Wildman–Crippen LogP) is -0.947. The number of aliphatic hydroxyl groups excluding tert-OH is 1. The van der Waals surface area contributed by atoms with Crippen molar-refractivity contribution in [3.63, 3.8) is 0 Å². The molecule has 0 saturated carbocycles. The summed E-state index contributed by atoms with van der Waals surface area (Å²) < 4.78 is 0. The lowest BCUT2D eigenvalue weighted by Gasteiger charge is -2.30. The van der Waals surface area contributed by atoms with Crippen molar-refractivity contribution >= 4 is 23.7 Å². The lowest BCUT2D eigenvalue weighted by Crippen LogP contribution is -2.57. The zero-order valence-electron chi connectivity index (χ0n) is 17.6. The number of carbonyl (C=O) groups is 4. The number of carboxylic acid groups (broad SMARTS) is 1. The molecule has 1 aliphatic heterocycles. The molecule has 0 aliphatic carbocycles. The van der Waals surface area contributed by atoms with E-state index in [-0.39, 0.29) is 11.8 Å². The van der Waals surface area contributed by atoms with Crippen LogP contribution >= 0.6 is 0 Å². The van der Waals surface area contributed by atoms with Gasteiger partial charge in [-0.05, 0) is 31.1 Å². The topological polar surface area (TPSA) is 162 Å². The highest BCUT2D eigenvalue weighted by atomic mass is 16.4. The van der Waals surface area contributed by atoms with E-state index < -0.39 is 54.5 Å². The van der Waals surface area contributed by atoms with Crippen LogP contribution in [0.4, 0.5) is 0 Å². The van der Waals surface area contributed by atoms with E-state index >= 15 is 0 Å². The lowest BCUT2D eigenvalue weighted by molar-refractivity contribution is -0.145. The summed E-state index contributed by atoms with van der Waals surface area (Å²) in [6.45, 7) is 7.04. The lowest BCUT2D eigenvalue weighted by atomic mass is 10.00. The number of rotatable bonds is 10. The molecule has 1 aliphatic rings. The Morgan fingerprint density at radius 2 is 1.72 bits per heavy atom. The van der Waals surface area contributed by atoms with Gasteiger partial charge in [-0.15, -0.1) is 0 Å². The van der Waals surface area contributed by atoms with E-state index in [9.17, 15) is 19.2 Å². The molecule has 10 heteroatoms. The minimum atomic E-state index is -1.43. The molecule has 29 heavy (non-hydrogen) atoms. The van der Waals surface area contributed by atoms with Crippen LogP contribution in [0.25, 0.3) is 0 Å². The number of aliphatic carboxylic acids is 1. The molecule has 1 rings (SSSR count). The summed E-state index contributed by atoms with van der Waals surface area (Å²) in [5, 5.41) is 23.1. The van der Waals surface area contributed by atoms with Crippen LogP contribution in [0.1, 0.15) is 47.0 Å². The minimum Gasteiger partial charge on any atom is -0.480 e. The molecule has 1 saturated heterocycles. The Morgan fingerprint density at radius 3 is 2.21 bits per heavy atom. The fourth-order valence-corrected chi connectivity index (χ4v) is 3.22. The fourth-order valence-electron chi connectivity index (χ4n) is 3.22. The zero-order valence-corrected chi connectivity index (χ0v) is 17.6. The van der Waals surface area contributed by atoms with Gasteiger partial charge in [0.15, 0.2) is 0 Å². The van der Waals surface area contributed by atoms with Gasteiger partial charge in [-0.1, -0.05) is 27.7 Å². The Hall–Kier alpha value is -2.20. The monoisotopic (exact) mass is 414 g/mol. The van der Waals surface area contributed by atoms with E-state index in [0.29, 0.717) is 25.8 Å². The van der Waals surface area contributed by atoms with Gasteiger partial charge in [0.25, 0.3) is 0 Å². The van der Waals surface area contributed by atoms with Gasteiger partial charge in [0.05, 0.1) is 12.6 Å². The van der Waals surface area contributed by atoms with Gasteiger partial charge in [-0.2, -0.15) is 0 Å². The highest BCUT2D eigenvalue weighted by molar-refractivity contribution is 5.94. The Morgan fingerprint density at radius 1 is 1.10 bits per heavy atom. The summed E-state index contributed by atoms with van der Waals surface area (Å²) in [6, 6.07) is -3.86. The summed E-state index contributed by atoms with van der Waals surface area (Å²) in [7, 11) is 0. The fraction of sp³-hybridized carbons (Fsp3) is 0.789. The van der Waals surface area contributed by atoms with Crippen LogP contribution in [-0.2, 0) is 19.2 Å². The number of nitrogens with zero attached hydrogens (tertiary/aromatic N) is 1. The van der Waals surface area contributed by atoms with Gasteiger partial charge in [0.1, 0.15) is 18.1 Å². The van der Waals surface area contributed by atoms with Crippen LogP contribution in [-0.4, -0.2) is 76.1 Å². The summed E-state index contributed by atoms with van der Waals surface area (Å²) in [6.07, 6.45) is 1.34. The van der Waals surface area contributed by atoms with E-state index in [1.54, 1.807) is 0 Å². The standard InChI is InChI=1S/C19H34N4O6/c1-10(2)8-12(21-17(26)15(20)11(3)4)18(27)23-7-5-6-14(23)16(25)22-13(9-24)19(28)29/h10-15,24H,5-9,20H2,1-4H3,(H,21,26)(H,22,25)(H,28,29). The van der Waals surface area contributed by atoms with Crippen LogP contribution < -0.4 is 16.4 Å². The van der Waals surface area contributed by atoms with Crippen molar-refractivity contribution in [1.82, 2.24) is 15.5 Å². The molecule has 4 unspecified atom stereocenters. The van der Waals surface area contributed by atoms with Crippen molar-refractivity contribution in [3.8, 4) is 0 Å². The van der Waals surface area contributed by atoms with Gasteiger partial charge in [-0.3, -0.25) is 14.4 Å². The summed E-state index contributed by atoms with van der Waals surface area (Å²) in [4.78, 5) is 50.5. The highest BCUT2D eigenvalue weighted by Crippen LogP contribution is 2.21. The number of aliphatic hydroxyl groups is 1. The third kappa shape index (κ3) is 6.97. The first-order valence-corrected chi connectivity index (χ1v) is 10.00. The molecular formula is C19H34N4O6. The molecule has 6 N–H and O–H groups in total. The Labute approximate surface area is 171 Å². The smallest absolute Gasteiger partial charge is 0.328 e. The van der Waals surface area contributed by atoms with Crippen LogP contribution in [0.15, 0.2) is 0 Å². The van der Waals surface area contributed by atoms with Gasteiger partial charge in [0.2, 0.25) is 17.7 Å². The van der Waals surface area contributed by atoms with E-state index in [1.807, 2.05) is 27.7 Å². The van der Waals surface area contributed by atoms with Crippen LogP contribution in [0.5, 0.6) is 0 Å². The second-order valence-corrected chi connectivity index (χ2v) is 8.23. The third-order valence-electron chi connectivity index (χ3n) is 4.98. The molecule has 4 atom stereocenters. The van der Waals surface area contributed by atoms with Gasteiger partial charge < -0.3 is 31.5 Å². The highest BCUT2D eigenvalue weighted by Gasteiger charge is 2.39. The zero-order chi connectivity index (χ0) is 22.3. The average Bonchev–Trinajstić information content (AvgIpc) is 3.13. The van der Waals surface area contributed by atoms with E-state index in [4.69, 9.17) is 15.9 Å². The van der Waals surface area contributed by atoms with E-state index in [1.165, 1.54) is 4.90 Å². The predicted molar refractivity (Wildman–Crippen MR) is 106 cm³/mol. The maximum Gasteiger partial charge on any atom is 0.328 e. The molecule has 0 aromatic rings. The molecule has 0 bridgehead atoms. The largest absolute Gasteiger partial charge is 0.480 e. The second-order valence-electron chi connectivity index (χ2n) is 8.23. The third-order valence-corrected chi connectivity index (χ3v) is 4.98.